The molecule has 32 heavy (non-hydrogen) atoms. The molecule has 1 saturated heterocycles. The Balaban J connectivity index is 1.49. The normalized spacial score (nSPS) is 16.1. The summed E-state index contributed by atoms with van der Waals surface area (Å²) in [5, 5.41) is 2.45. The van der Waals surface area contributed by atoms with E-state index in [1.165, 1.54) is 0 Å². The monoisotopic (exact) mass is 450 g/mol. The van der Waals surface area contributed by atoms with E-state index in [9.17, 15) is 9.59 Å². The molecule has 1 aliphatic rings. The molecule has 0 aromatic heterocycles. The van der Waals surface area contributed by atoms with Crippen LogP contribution in [0, 0.1) is 5.92 Å². The first-order chi connectivity index (χ1) is 15.5. The minimum atomic E-state index is -0.200. The van der Waals surface area contributed by atoms with Gasteiger partial charge in [0.25, 0.3) is 5.91 Å². The molecular weight excluding hydrogens is 424 g/mol. The number of nitrogens with zero attached hydrogens (tertiary/aromatic N) is 2. The van der Waals surface area contributed by atoms with Gasteiger partial charge in [-0.2, -0.15) is 0 Å². The molecule has 166 valence electrons. The third kappa shape index (κ3) is 4.58. The second-order valence-electron chi connectivity index (χ2n) is 8.27. The lowest BCUT2D eigenvalue weighted by atomic mass is 9.95. The van der Waals surface area contributed by atoms with Crippen molar-refractivity contribution in [3.63, 3.8) is 0 Å². The molecule has 0 saturated carbocycles. The summed E-state index contributed by atoms with van der Waals surface area (Å²) in [6, 6.07) is 18.9. The van der Waals surface area contributed by atoms with Gasteiger partial charge in [0.05, 0.1) is 13.0 Å². The van der Waals surface area contributed by atoms with Gasteiger partial charge in [0, 0.05) is 42.7 Å². The number of rotatable bonds is 5. The van der Waals surface area contributed by atoms with E-state index in [1.54, 1.807) is 12.0 Å². The summed E-state index contributed by atoms with van der Waals surface area (Å²) in [6.45, 7) is 1.61. The van der Waals surface area contributed by atoms with Crippen molar-refractivity contribution < 1.29 is 14.3 Å². The van der Waals surface area contributed by atoms with Gasteiger partial charge in [0.15, 0.2) is 0 Å². The molecule has 5 nitrogen and oxygen atoms in total. The first-order valence-corrected chi connectivity index (χ1v) is 11.2. The Morgan fingerprint density at radius 1 is 1.06 bits per heavy atom. The molecule has 0 bridgehead atoms. The molecule has 1 atom stereocenters. The van der Waals surface area contributed by atoms with Crippen LogP contribution in [-0.4, -0.2) is 48.9 Å². The Hall–Kier alpha value is -3.05. The first-order valence-electron chi connectivity index (χ1n) is 10.8. The molecule has 0 aliphatic carbocycles. The highest BCUT2D eigenvalue weighted by Crippen LogP contribution is 2.30. The smallest absolute Gasteiger partial charge is 0.254 e. The fourth-order valence-electron chi connectivity index (χ4n) is 4.42. The van der Waals surface area contributed by atoms with Crippen LogP contribution < -0.4 is 4.74 Å². The Morgan fingerprint density at radius 2 is 1.78 bits per heavy atom. The van der Waals surface area contributed by atoms with Gasteiger partial charge in [-0.3, -0.25) is 9.59 Å². The summed E-state index contributed by atoms with van der Waals surface area (Å²) in [5.74, 6) is 0.570. The van der Waals surface area contributed by atoms with E-state index in [-0.39, 0.29) is 17.7 Å². The van der Waals surface area contributed by atoms with Gasteiger partial charge in [0.2, 0.25) is 5.91 Å². The molecular formula is C26H27ClN2O3. The minimum absolute atomic E-state index is 0.0401. The van der Waals surface area contributed by atoms with E-state index >= 15 is 0 Å². The number of methoxy groups -OCH3 is 1. The van der Waals surface area contributed by atoms with Crippen LogP contribution in [-0.2, 0) is 11.3 Å². The number of piperidine rings is 1. The number of fused-ring (bicyclic) bond motifs is 1. The molecule has 1 aliphatic heterocycles. The van der Waals surface area contributed by atoms with Crippen molar-refractivity contribution >= 4 is 34.2 Å². The van der Waals surface area contributed by atoms with Crippen LogP contribution in [0.2, 0.25) is 5.02 Å². The molecule has 2 amide bonds. The van der Waals surface area contributed by atoms with Crippen LogP contribution >= 0.6 is 11.6 Å². The summed E-state index contributed by atoms with van der Waals surface area (Å²) in [4.78, 5) is 30.1. The predicted octanol–water partition coefficient (Wildman–Crippen LogP) is 5.01. The summed E-state index contributed by atoms with van der Waals surface area (Å²) in [7, 11) is 3.44. The largest absolute Gasteiger partial charge is 0.496 e. The van der Waals surface area contributed by atoms with E-state index in [2.05, 4.69) is 0 Å². The van der Waals surface area contributed by atoms with Crippen LogP contribution in [0.1, 0.15) is 28.8 Å². The average Bonchev–Trinajstić information content (AvgIpc) is 2.84. The van der Waals surface area contributed by atoms with Crippen molar-refractivity contribution in [3.8, 4) is 5.75 Å². The molecule has 3 aromatic carbocycles. The summed E-state index contributed by atoms with van der Waals surface area (Å²) >= 11 is 5.96. The predicted molar refractivity (Wildman–Crippen MR) is 127 cm³/mol. The van der Waals surface area contributed by atoms with Crippen LogP contribution in [0.15, 0.2) is 60.7 Å². The van der Waals surface area contributed by atoms with Crippen molar-refractivity contribution in [2.45, 2.75) is 19.4 Å². The van der Waals surface area contributed by atoms with Gasteiger partial charge in [0.1, 0.15) is 5.75 Å². The fourth-order valence-corrected chi connectivity index (χ4v) is 4.55. The number of hydrogen-bond donors (Lipinski definition) is 0. The number of ether oxygens (including phenoxy) is 1. The van der Waals surface area contributed by atoms with Crippen molar-refractivity contribution in [1.29, 1.82) is 0 Å². The van der Waals surface area contributed by atoms with Gasteiger partial charge in [-0.15, -0.1) is 0 Å². The van der Waals surface area contributed by atoms with Gasteiger partial charge >= 0.3 is 0 Å². The number of likely N-dealkylation sites (tertiary alicyclic amines) is 1. The number of hydrogen-bond acceptors (Lipinski definition) is 3. The fraction of sp³-hybridized carbons (Fsp3) is 0.308. The highest BCUT2D eigenvalue weighted by atomic mass is 35.5. The van der Waals surface area contributed by atoms with Gasteiger partial charge < -0.3 is 14.5 Å². The Morgan fingerprint density at radius 3 is 2.50 bits per heavy atom. The van der Waals surface area contributed by atoms with Crippen molar-refractivity contribution in [3.05, 3.63) is 76.8 Å². The minimum Gasteiger partial charge on any atom is -0.496 e. The molecule has 3 aromatic rings. The third-order valence-electron chi connectivity index (χ3n) is 6.10. The quantitative estimate of drug-likeness (QED) is 0.548. The maximum absolute atomic E-state index is 13.4. The maximum atomic E-state index is 13.4. The van der Waals surface area contributed by atoms with Gasteiger partial charge in [-0.25, -0.2) is 0 Å². The number of amides is 2. The van der Waals surface area contributed by atoms with Crippen LogP contribution in [0.5, 0.6) is 5.75 Å². The molecule has 4 rings (SSSR count). The summed E-state index contributed by atoms with van der Waals surface area (Å²) in [6.07, 6.45) is 1.60. The molecule has 6 heteroatoms. The Kier molecular flexibility index (Phi) is 6.66. The Labute approximate surface area is 193 Å². The second kappa shape index (κ2) is 9.61. The van der Waals surface area contributed by atoms with E-state index < -0.39 is 0 Å². The molecule has 0 radical (unpaired) electrons. The van der Waals surface area contributed by atoms with E-state index in [4.69, 9.17) is 16.3 Å². The zero-order chi connectivity index (χ0) is 22.7. The molecule has 1 heterocycles. The maximum Gasteiger partial charge on any atom is 0.254 e. The molecule has 0 spiro atoms. The highest BCUT2D eigenvalue weighted by molar-refractivity contribution is 6.30. The highest BCUT2D eigenvalue weighted by Gasteiger charge is 2.31. The van der Waals surface area contributed by atoms with E-state index in [0.717, 1.165) is 34.9 Å². The lowest BCUT2D eigenvalue weighted by Gasteiger charge is -2.34. The van der Waals surface area contributed by atoms with Crippen LogP contribution in [0.3, 0.4) is 0 Å². The zero-order valence-corrected chi connectivity index (χ0v) is 19.1. The third-order valence-corrected chi connectivity index (χ3v) is 6.35. The van der Waals surface area contributed by atoms with Crippen molar-refractivity contribution in [2.24, 2.45) is 5.92 Å². The number of carbonyl (C=O) groups is 2. The number of halogens is 1. The van der Waals surface area contributed by atoms with Crippen molar-refractivity contribution in [1.82, 2.24) is 9.80 Å². The molecule has 0 N–H and O–H groups in total. The summed E-state index contributed by atoms with van der Waals surface area (Å²) < 4.78 is 5.46. The van der Waals surface area contributed by atoms with Crippen molar-refractivity contribution in [2.75, 3.05) is 27.2 Å². The zero-order valence-electron chi connectivity index (χ0n) is 18.4. The van der Waals surface area contributed by atoms with Crippen LogP contribution in [0.4, 0.5) is 0 Å². The number of benzene rings is 3. The lowest BCUT2D eigenvalue weighted by Crippen LogP contribution is -2.45. The lowest BCUT2D eigenvalue weighted by molar-refractivity contribution is -0.136. The molecule has 1 fully saturated rings. The SMILES string of the molecule is COc1ccc(C(=O)N2CCCC(C(=O)N(C)Cc3ccc(Cl)cc3)C2)c2ccccc12. The second-order valence-corrected chi connectivity index (χ2v) is 8.71. The topological polar surface area (TPSA) is 49.9 Å². The number of carbonyl (C=O) groups excluding carboxylic acids is 2. The van der Waals surface area contributed by atoms with Gasteiger partial charge in [-0.1, -0.05) is 48.0 Å². The van der Waals surface area contributed by atoms with Crippen LogP contribution in [0.25, 0.3) is 10.8 Å². The van der Waals surface area contributed by atoms with Gasteiger partial charge in [-0.05, 0) is 48.1 Å². The van der Waals surface area contributed by atoms with E-state index in [0.29, 0.717) is 30.2 Å². The average molecular weight is 451 g/mol. The first kappa shape index (κ1) is 22.2. The standard InChI is InChI=1S/C26H27ClN2O3/c1-28(16-18-9-11-20(27)12-10-18)25(30)19-6-5-15-29(17-19)26(31)23-13-14-24(32-2)22-8-4-3-7-21(22)23/h3-4,7-14,19H,5-6,15-17H2,1-2H3. The summed E-state index contributed by atoms with van der Waals surface area (Å²) in [5.41, 5.74) is 1.67. The van der Waals surface area contributed by atoms with E-state index in [1.807, 2.05) is 72.6 Å². The Bertz CT molecular complexity index is 1130. The molecule has 1 unspecified atom stereocenters.